The lowest BCUT2D eigenvalue weighted by Gasteiger charge is -2.44. The van der Waals surface area contributed by atoms with Gasteiger partial charge in [-0.1, -0.05) is 6.07 Å². The molecule has 2 rings (SSSR count). The van der Waals surface area contributed by atoms with Crippen LogP contribution in [0.15, 0.2) is 18.2 Å². The van der Waals surface area contributed by atoms with Crippen LogP contribution in [0.1, 0.15) is 25.8 Å². The molecule has 0 bridgehead atoms. The van der Waals surface area contributed by atoms with E-state index in [1.807, 2.05) is 25.1 Å². The SMILES string of the molecule is CCOc1ccc(CCC(=O)N2CC(C)(O)C2)cc1OC. The first-order valence-corrected chi connectivity index (χ1v) is 7.25. The molecule has 5 heteroatoms. The minimum atomic E-state index is -0.710. The van der Waals surface area contributed by atoms with Crippen molar-refractivity contribution in [2.75, 3.05) is 26.8 Å². The first-order valence-electron chi connectivity index (χ1n) is 7.25. The number of carbonyl (C=O) groups excluding carboxylic acids is 1. The number of methoxy groups -OCH3 is 1. The van der Waals surface area contributed by atoms with Gasteiger partial charge in [0.1, 0.15) is 0 Å². The molecule has 1 aliphatic heterocycles. The Bertz CT molecular complexity index is 505. The van der Waals surface area contributed by atoms with E-state index in [1.165, 1.54) is 0 Å². The van der Waals surface area contributed by atoms with Gasteiger partial charge in [-0.15, -0.1) is 0 Å². The second-order valence-corrected chi connectivity index (χ2v) is 5.66. The molecule has 0 aromatic heterocycles. The molecule has 1 fully saturated rings. The van der Waals surface area contributed by atoms with Gasteiger partial charge in [0.2, 0.25) is 5.91 Å². The van der Waals surface area contributed by atoms with E-state index in [9.17, 15) is 9.90 Å². The molecule has 1 aliphatic rings. The number of benzene rings is 1. The van der Waals surface area contributed by atoms with Crippen LogP contribution >= 0.6 is 0 Å². The molecule has 0 spiro atoms. The minimum Gasteiger partial charge on any atom is -0.493 e. The molecule has 0 unspecified atom stereocenters. The van der Waals surface area contributed by atoms with Gasteiger partial charge in [-0.05, 0) is 38.0 Å². The zero-order valence-electron chi connectivity index (χ0n) is 12.9. The maximum Gasteiger partial charge on any atom is 0.223 e. The summed E-state index contributed by atoms with van der Waals surface area (Å²) < 4.78 is 10.8. The number of nitrogens with zero attached hydrogens (tertiary/aromatic N) is 1. The minimum absolute atomic E-state index is 0.0781. The third-order valence-electron chi connectivity index (χ3n) is 3.57. The maximum absolute atomic E-state index is 12.0. The lowest BCUT2D eigenvalue weighted by atomic mass is 9.96. The molecular formula is C16H23NO4. The quantitative estimate of drug-likeness (QED) is 0.866. The van der Waals surface area contributed by atoms with Gasteiger partial charge in [0.25, 0.3) is 0 Å². The third kappa shape index (κ3) is 3.88. The molecule has 1 heterocycles. The highest BCUT2D eigenvalue weighted by Gasteiger charge is 2.38. The van der Waals surface area contributed by atoms with E-state index >= 15 is 0 Å². The van der Waals surface area contributed by atoms with Crippen molar-refractivity contribution in [1.29, 1.82) is 0 Å². The molecule has 1 amide bonds. The number of likely N-dealkylation sites (tertiary alicyclic amines) is 1. The fourth-order valence-corrected chi connectivity index (χ4v) is 2.50. The van der Waals surface area contributed by atoms with Gasteiger partial charge in [0.15, 0.2) is 11.5 Å². The summed E-state index contributed by atoms with van der Waals surface area (Å²) in [4.78, 5) is 13.7. The number of amides is 1. The lowest BCUT2D eigenvalue weighted by molar-refractivity contribution is -0.152. The smallest absolute Gasteiger partial charge is 0.223 e. The van der Waals surface area contributed by atoms with Crippen molar-refractivity contribution in [3.8, 4) is 11.5 Å². The van der Waals surface area contributed by atoms with Crippen LogP contribution in [0.25, 0.3) is 0 Å². The number of hydrogen-bond donors (Lipinski definition) is 1. The van der Waals surface area contributed by atoms with Crippen LogP contribution in [-0.2, 0) is 11.2 Å². The van der Waals surface area contributed by atoms with Gasteiger partial charge in [0, 0.05) is 6.42 Å². The third-order valence-corrected chi connectivity index (χ3v) is 3.57. The molecule has 0 aliphatic carbocycles. The van der Waals surface area contributed by atoms with E-state index in [0.717, 1.165) is 5.56 Å². The van der Waals surface area contributed by atoms with Gasteiger partial charge >= 0.3 is 0 Å². The Morgan fingerprint density at radius 3 is 2.67 bits per heavy atom. The topological polar surface area (TPSA) is 59.0 Å². The number of aryl methyl sites for hydroxylation is 1. The van der Waals surface area contributed by atoms with Crippen molar-refractivity contribution in [1.82, 2.24) is 4.90 Å². The second-order valence-electron chi connectivity index (χ2n) is 5.66. The lowest BCUT2D eigenvalue weighted by Crippen LogP contribution is -2.61. The van der Waals surface area contributed by atoms with E-state index in [-0.39, 0.29) is 5.91 Å². The molecule has 1 aromatic carbocycles. The zero-order valence-corrected chi connectivity index (χ0v) is 12.9. The molecule has 21 heavy (non-hydrogen) atoms. The Balaban J connectivity index is 1.90. The summed E-state index contributed by atoms with van der Waals surface area (Å²) in [6.07, 6.45) is 1.09. The molecule has 0 radical (unpaired) electrons. The Morgan fingerprint density at radius 1 is 1.38 bits per heavy atom. The predicted octanol–water partition coefficient (Wildman–Crippen LogP) is 1.62. The van der Waals surface area contributed by atoms with Crippen molar-refractivity contribution in [3.63, 3.8) is 0 Å². The largest absolute Gasteiger partial charge is 0.493 e. The summed E-state index contributed by atoms with van der Waals surface area (Å²) in [5.74, 6) is 1.48. The van der Waals surface area contributed by atoms with E-state index in [0.29, 0.717) is 44.0 Å². The highest BCUT2D eigenvalue weighted by molar-refractivity contribution is 5.77. The Kier molecular flexibility index (Phi) is 4.73. The predicted molar refractivity (Wildman–Crippen MR) is 79.7 cm³/mol. The number of rotatable bonds is 6. The summed E-state index contributed by atoms with van der Waals surface area (Å²) in [5.41, 5.74) is 0.328. The Hall–Kier alpha value is -1.75. The van der Waals surface area contributed by atoms with E-state index < -0.39 is 5.60 Å². The van der Waals surface area contributed by atoms with Crippen LogP contribution in [0.2, 0.25) is 0 Å². The van der Waals surface area contributed by atoms with Crippen LogP contribution in [0.4, 0.5) is 0 Å². The first kappa shape index (κ1) is 15.6. The summed E-state index contributed by atoms with van der Waals surface area (Å²) in [6.45, 7) is 5.11. The van der Waals surface area contributed by atoms with Gasteiger partial charge in [-0.2, -0.15) is 0 Å². The van der Waals surface area contributed by atoms with Crippen molar-refractivity contribution < 1.29 is 19.4 Å². The van der Waals surface area contributed by atoms with Gasteiger partial charge < -0.3 is 19.5 Å². The average Bonchev–Trinajstić information content (AvgIpc) is 2.43. The highest BCUT2D eigenvalue weighted by atomic mass is 16.5. The van der Waals surface area contributed by atoms with Crippen molar-refractivity contribution in [2.45, 2.75) is 32.3 Å². The number of hydrogen-bond acceptors (Lipinski definition) is 4. The molecule has 0 atom stereocenters. The van der Waals surface area contributed by atoms with Crippen LogP contribution in [0, 0.1) is 0 Å². The Labute approximate surface area is 125 Å². The van der Waals surface area contributed by atoms with E-state index in [4.69, 9.17) is 9.47 Å². The van der Waals surface area contributed by atoms with Gasteiger partial charge in [-0.3, -0.25) is 4.79 Å². The fourth-order valence-electron chi connectivity index (χ4n) is 2.50. The van der Waals surface area contributed by atoms with Crippen LogP contribution in [-0.4, -0.2) is 48.3 Å². The van der Waals surface area contributed by atoms with Crippen molar-refractivity contribution in [2.24, 2.45) is 0 Å². The fraction of sp³-hybridized carbons (Fsp3) is 0.562. The maximum atomic E-state index is 12.0. The van der Waals surface area contributed by atoms with E-state index in [2.05, 4.69) is 0 Å². The van der Waals surface area contributed by atoms with E-state index in [1.54, 1.807) is 18.9 Å². The molecular weight excluding hydrogens is 270 g/mol. The second kappa shape index (κ2) is 6.35. The molecule has 1 aromatic rings. The van der Waals surface area contributed by atoms with Crippen LogP contribution in [0.5, 0.6) is 11.5 Å². The zero-order chi connectivity index (χ0) is 15.5. The van der Waals surface area contributed by atoms with Crippen molar-refractivity contribution in [3.05, 3.63) is 23.8 Å². The summed E-state index contributed by atoms with van der Waals surface area (Å²) in [6, 6.07) is 5.73. The average molecular weight is 293 g/mol. The van der Waals surface area contributed by atoms with Gasteiger partial charge in [-0.25, -0.2) is 0 Å². The number of carbonyl (C=O) groups is 1. The molecule has 5 nitrogen and oxygen atoms in total. The number of aliphatic hydroxyl groups is 1. The normalized spacial score (nSPS) is 16.3. The monoisotopic (exact) mass is 293 g/mol. The summed E-state index contributed by atoms with van der Waals surface area (Å²) in [5, 5.41) is 9.64. The molecule has 0 saturated carbocycles. The molecule has 116 valence electrons. The number of ether oxygens (including phenoxy) is 2. The standard InChI is InChI=1S/C16H23NO4/c1-4-21-13-7-5-12(9-14(13)20-3)6-8-15(18)17-10-16(2,19)11-17/h5,7,9,19H,4,6,8,10-11H2,1-3H3. The molecule has 1 N–H and O–H groups in total. The van der Waals surface area contributed by atoms with Crippen molar-refractivity contribution >= 4 is 5.91 Å². The summed E-state index contributed by atoms with van der Waals surface area (Å²) in [7, 11) is 1.61. The number of β-amino-alcohol motifs (C(OH)–C–C–N with tert-alkyl or cyclic N) is 1. The highest BCUT2D eigenvalue weighted by Crippen LogP contribution is 2.29. The van der Waals surface area contributed by atoms with Crippen LogP contribution < -0.4 is 9.47 Å². The van der Waals surface area contributed by atoms with Crippen LogP contribution in [0.3, 0.4) is 0 Å². The summed E-state index contributed by atoms with van der Waals surface area (Å²) >= 11 is 0. The Morgan fingerprint density at radius 2 is 2.10 bits per heavy atom. The van der Waals surface area contributed by atoms with Gasteiger partial charge in [0.05, 0.1) is 32.4 Å². The molecule has 1 saturated heterocycles. The first-order chi connectivity index (χ1) is 9.95.